The lowest BCUT2D eigenvalue weighted by molar-refractivity contribution is -0.117. The number of aryl methyl sites for hydroxylation is 1. The second kappa shape index (κ2) is 9.90. The van der Waals surface area contributed by atoms with Crippen LogP contribution in [0.25, 0.3) is 11.0 Å². The first-order valence-corrected chi connectivity index (χ1v) is 12.4. The summed E-state index contributed by atoms with van der Waals surface area (Å²) in [5.74, 6) is -0.945. The highest BCUT2D eigenvalue weighted by atomic mass is 79.9. The van der Waals surface area contributed by atoms with Crippen molar-refractivity contribution in [2.75, 3.05) is 26.2 Å². The van der Waals surface area contributed by atoms with Crippen LogP contribution >= 0.6 is 15.9 Å². The fourth-order valence-corrected chi connectivity index (χ4v) is 5.13. The molecule has 1 atom stereocenters. The van der Waals surface area contributed by atoms with Crippen molar-refractivity contribution in [1.29, 1.82) is 0 Å². The zero-order valence-electron chi connectivity index (χ0n) is 21.1. The van der Waals surface area contributed by atoms with Crippen LogP contribution < -0.4 is 19.1 Å². The maximum Gasteiger partial charge on any atom is 0.294 e. The van der Waals surface area contributed by atoms with Gasteiger partial charge in [0, 0.05) is 15.5 Å². The molecule has 38 heavy (non-hydrogen) atoms. The zero-order valence-corrected chi connectivity index (χ0v) is 22.7. The Balaban J connectivity index is 1.73. The Morgan fingerprint density at radius 3 is 2.29 bits per heavy atom. The van der Waals surface area contributed by atoms with Gasteiger partial charge in [0.1, 0.15) is 5.58 Å². The van der Waals surface area contributed by atoms with E-state index in [2.05, 4.69) is 15.9 Å². The van der Waals surface area contributed by atoms with Crippen molar-refractivity contribution in [3.05, 3.63) is 93.4 Å². The highest BCUT2D eigenvalue weighted by Gasteiger charge is 2.46. The number of benzene rings is 3. The van der Waals surface area contributed by atoms with Crippen molar-refractivity contribution in [1.82, 2.24) is 0 Å². The van der Waals surface area contributed by atoms with Gasteiger partial charge in [0.15, 0.2) is 23.0 Å². The molecule has 2 heterocycles. The number of carbonyl (C=O) groups is 2. The van der Waals surface area contributed by atoms with Gasteiger partial charge in [-0.15, -0.1) is 0 Å². The van der Waals surface area contributed by atoms with Gasteiger partial charge in [0.05, 0.1) is 32.9 Å². The summed E-state index contributed by atoms with van der Waals surface area (Å²) in [4.78, 5) is 28.9. The molecule has 1 N–H and O–H groups in total. The average molecular weight is 578 g/mol. The second-order valence-corrected chi connectivity index (χ2v) is 9.62. The van der Waals surface area contributed by atoms with Crippen LogP contribution in [0.2, 0.25) is 0 Å². The van der Waals surface area contributed by atoms with Crippen molar-refractivity contribution in [3.8, 4) is 17.2 Å². The number of hydrogen-bond donors (Lipinski definition) is 1. The quantitative estimate of drug-likeness (QED) is 0.257. The molecular formula is C29H24BrNO7. The van der Waals surface area contributed by atoms with E-state index in [-0.39, 0.29) is 11.3 Å². The van der Waals surface area contributed by atoms with Crippen molar-refractivity contribution < 1.29 is 33.3 Å². The maximum absolute atomic E-state index is 13.9. The Hall–Kier alpha value is -4.24. The van der Waals surface area contributed by atoms with Crippen molar-refractivity contribution in [2.24, 2.45) is 0 Å². The second-order valence-electron chi connectivity index (χ2n) is 8.71. The molecule has 194 valence electrons. The molecule has 1 aromatic heterocycles. The van der Waals surface area contributed by atoms with E-state index < -0.39 is 23.5 Å². The van der Waals surface area contributed by atoms with Crippen LogP contribution in [0.5, 0.6) is 17.2 Å². The van der Waals surface area contributed by atoms with Crippen LogP contribution in [0.4, 0.5) is 5.69 Å². The maximum atomic E-state index is 13.9. The molecule has 0 saturated heterocycles. The number of halogens is 1. The molecule has 0 radical (unpaired) electrons. The third-order valence-electron chi connectivity index (χ3n) is 6.53. The molecule has 9 heteroatoms. The van der Waals surface area contributed by atoms with Gasteiger partial charge in [-0.05, 0) is 60.5 Å². The van der Waals surface area contributed by atoms with Crippen molar-refractivity contribution in [3.63, 3.8) is 0 Å². The lowest BCUT2D eigenvalue weighted by Crippen LogP contribution is -2.31. The largest absolute Gasteiger partial charge is 0.503 e. The number of carbonyl (C=O) groups excluding carboxylic acids is 2. The average Bonchev–Trinajstić information content (AvgIpc) is 3.46. The summed E-state index contributed by atoms with van der Waals surface area (Å²) >= 11 is 3.42. The fourth-order valence-electron chi connectivity index (χ4n) is 4.75. The van der Waals surface area contributed by atoms with E-state index in [1.54, 1.807) is 42.5 Å². The predicted molar refractivity (Wildman–Crippen MR) is 145 cm³/mol. The van der Waals surface area contributed by atoms with Gasteiger partial charge < -0.3 is 23.7 Å². The minimum atomic E-state index is -1.01. The van der Waals surface area contributed by atoms with Gasteiger partial charge >= 0.3 is 0 Å². The summed E-state index contributed by atoms with van der Waals surface area (Å²) in [6.07, 6.45) is 0. The molecule has 8 nitrogen and oxygen atoms in total. The monoisotopic (exact) mass is 577 g/mol. The van der Waals surface area contributed by atoms with Gasteiger partial charge in [-0.2, -0.15) is 0 Å². The molecule has 3 aromatic carbocycles. The van der Waals surface area contributed by atoms with E-state index in [0.717, 1.165) is 10.0 Å². The minimum absolute atomic E-state index is 0.00322. The Kier molecular flexibility index (Phi) is 6.62. The third kappa shape index (κ3) is 4.09. The van der Waals surface area contributed by atoms with E-state index in [0.29, 0.717) is 39.5 Å². The molecule has 5 rings (SSSR count). The third-order valence-corrected chi connectivity index (χ3v) is 7.03. The number of aliphatic hydroxyl groups excluding tert-OH is 1. The van der Waals surface area contributed by atoms with Crippen LogP contribution in [-0.2, 0) is 4.79 Å². The van der Waals surface area contributed by atoms with Crippen LogP contribution in [0, 0.1) is 6.92 Å². The summed E-state index contributed by atoms with van der Waals surface area (Å²) in [5, 5.41) is 11.8. The summed E-state index contributed by atoms with van der Waals surface area (Å²) in [5.41, 5.74) is 2.18. The lowest BCUT2D eigenvalue weighted by atomic mass is 9.93. The fraction of sp³-hybridized carbons (Fsp3) is 0.172. The summed E-state index contributed by atoms with van der Waals surface area (Å²) in [6.45, 7) is 1.85. The normalized spacial score (nSPS) is 15.3. The number of fused-ring (bicyclic) bond motifs is 1. The molecule has 1 unspecified atom stereocenters. The Morgan fingerprint density at radius 1 is 0.974 bits per heavy atom. The number of furan rings is 1. The van der Waals surface area contributed by atoms with Crippen LogP contribution in [0.1, 0.15) is 27.7 Å². The molecule has 1 aliphatic heterocycles. The van der Waals surface area contributed by atoms with E-state index in [1.807, 2.05) is 25.1 Å². The molecule has 1 amide bonds. The Labute approximate surface area is 227 Å². The van der Waals surface area contributed by atoms with Gasteiger partial charge in [0.2, 0.25) is 11.5 Å². The number of ether oxygens (including phenoxy) is 3. The van der Waals surface area contributed by atoms with Gasteiger partial charge in [-0.3, -0.25) is 14.5 Å². The zero-order chi connectivity index (χ0) is 27.1. The number of nitrogens with zero attached hydrogens (tertiary/aromatic N) is 1. The molecule has 0 fully saturated rings. The number of aliphatic hydroxyl groups is 1. The number of anilines is 1. The van der Waals surface area contributed by atoms with Gasteiger partial charge in [0.25, 0.3) is 5.91 Å². The summed E-state index contributed by atoms with van der Waals surface area (Å²) < 4.78 is 23.2. The lowest BCUT2D eigenvalue weighted by Gasteiger charge is -2.29. The number of hydrogen-bond acceptors (Lipinski definition) is 7. The minimum Gasteiger partial charge on any atom is -0.503 e. The van der Waals surface area contributed by atoms with Gasteiger partial charge in [-0.25, -0.2) is 0 Å². The number of ketones is 1. The standard InChI is InChI=1S/C29H24BrNO7/c1-15-7-5-6-8-19(15)31-25(17-13-22(35-2)28(37-4)23(14-17)36-3)24(27(33)29(31)34)26(32)21-12-16-11-18(30)9-10-20(16)38-21/h5-14,25,33H,1-4H3. The molecule has 0 spiro atoms. The smallest absolute Gasteiger partial charge is 0.294 e. The highest BCUT2D eigenvalue weighted by Crippen LogP contribution is 2.47. The molecular weight excluding hydrogens is 554 g/mol. The molecule has 0 bridgehead atoms. The van der Waals surface area contributed by atoms with E-state index in [4.69, 9.17) is 18.6 Å². The predicted octanol–water partition coefficient (Wildman–Crippen LogP) is 6.31. The number of methoxy groups -OCH3 is 3. The topological polar surface area (TPSA) is 98.4 Å². The summed E-state index contributed by atoms with van der Waals surface area (Å²) in [7, 11) is 4.44. The first kappa shape index (κ1) is 25.4. The molecule has 1 aliphatic rings. The molecule has 4 aromatic rings. The number of amides is 1. The van der Waals surface area contributed by atoms with E-state index >= 15 is 0 Å². The molecule has 0 saturated carbocycles. The Morgan fingerprint density at radius 2 is 1.66 bits per heavy atom. The van der Waals surface area contributed by atoms with Crippen LogP contribution in [0.15, 0.2) is 80.9 Å². The van der Waals surface area contributed by atoms with Crippen LogP contribution in [-0.4, -0.2) is 38.1 Å². The number of rotatable bonds is 7. The Bertz CT molecular complexity index is 1600. The first-order chi connectivity index (χ1) is 18.3. The number of Topliss-reactive ketones (excluding diaryl/α,β-unsaturated/α-hetero) is 1. The van der Waals surface area contributed by atoms with Crippen molar-refractivity contribution in [2.45, 2.75) is 13.0 Å². The SMILES string of the molecule is COc1cc(C2C(C(=O)c3cc4cc(Br)ccc4o3)=C(O)C(=O)N2c2ccccc2C)cc(OC)c1OC. The first-order valence-electron chi connectivity index (χ1n) is 11.6. The number of para-hydroxylation sites is 1. The van der Waals surface area contributed by atoms with Gasteiger partial charge in [-0.1, -0.05) is 34.1 Å². The molecule has 0 aliphatic carbocycles. The van der Waals surface area contributed by atoms with E-state index in [9.17, 15) is 14.7 Å². The van der Waals surface area contributed by atoms with E-state index in [1.165, 1.54) is 26.2 Å². The van der Waals surface area contributed by atoms with Crippen LogP contribution in [0.3, 0.4) is 0 Å². The van der Waals surface area contributed by atoms with Crippen molar-refractivity contribution >= 4 is 44.3 Å². The summed E-state index contributed by atoms with van der Waals surface area (Å²) in [6, 6.07) is 16.5. The highest BCUT2D eigenvalue weighted by molar-refractivity contribution is 9.10.